The Kier molecular flexibility index (Phi) is 7.01. The second-order valence-corrected chi connectivity index (χ2v) is 4.32. The van der Waals surface area contributed by atoms with Gasteiger partial charge >= 0.3 is 0 Å². The average Bonchev–Trinajstić information content (AvgIpc) is 2.33. The molecule has 0 bridgehead atoms. The lowest BCUT2D eigenvalue weighted by atomic mass is 10.1. The number of hydrogen-bond donors (Lipinski definition) is 2. The third-order valence-corrected chi connectivity index (χ3v) is 2.91. The van der Waals surface area contributed by atoms with Crippen LogP contribution in [0.4, 0.5) is 5.69 Å². The second kappa shape index (κ2) is 8.34. The van der Waals surface area contributed by atoms with Crippen LogP contribution in [-0.4, -0.2) is 25.4 Å². The van der Waals surface area contributed by atoms with Gasteiger partial charge in [-0.15, -0.1) is 0 Å². The summed E-state index contributed by atoms with van der Waals surface area (Å²) in [6.07, 6.45) is 2.94. The molecule has 0 atom stereocenters. The smallest absolute Gasteiger partial charge is 0.0747 e. The highest BCUT2D eigenvalue weighted by atomic mass is 35.5. The number of aliphatic hydroxyl groups excluding tert-OH is 1. The zero-order valence-electron chi connectivity index (χ0n) is 10.2. The molecule has 0 unspecified atom stereocenters. The van der Waals surface area contributed by atoms with Crippen molar-refractivity contribution >= 4 is 17.3 Å². The van der Waals surface area contributed by atoms with Gasteiger partial charge < -0.3 is 15.2 Å². The third-order valence-electron chi connectivity index (χ3n) is 2.56. The number of methoxy groups -OCH3 is 1. The molecule has 0 aliphatic rings. The zero-order chi connectivity index (χ0) is 12.5. The first-order valence-corrected chi connectivity index (χ1v) is 6.28. The van der Waals surface area contributed by atoms with Gasteiger partial charge in [0.05, 0.1) is 6.61 Å². The van der Waals surface area contributed by atoms with Crippen LogP contribution in [-0.2, 0) is 11.3 Å². The molecule has 0 aliphatic heterocycles. The molecule has 17 heavy (non-hydrogen) atoms. The maximum absolute atomic E-state index is 8.68. The summed E-state index contributed by atoms with van der Waals surface area (Å²) < 4.78 is 5.14. The van der Waals surface area contributed by atoms with Crippen LogP contribution in [0.3, 0.4) is 0 Å². The maximum Gasteiger partial charge on any atom is 0.0747 e. The number of rotatable bonds is 8. The quantitative estimate of drug-likeness (QED) is 0.704. The van der Waals surface area contributed by atoms with E-state index in [9.17, 15) is 0 Å². The minimum Gasteiger partial charge on any atom is -0.396 e. The van der Waals surface area contributed by atoms with Gasteiger partial charge in [-0.2, -0.15) is 0 Å². The van der Waals surface area contributed by atoms with Gasteiger partial charge in [0.2, 0.25) is 0 Å². The first kappa shape index (κ1) is 14.3. The number of aliphatic hydroxyl groups is 1. The molecule has 0 radical (unpaired) electrons. The lowest BCUT2D eigenvalue weighted by Gasteiger charge is -2.12. The molecule has 3 nitrogen and oxygen atoms in total. The van der Waals surface area contributed by atoms with E-state index in [4.69, 9.17) is 21.4 Å². The van der Waals surface area contributed by atoms with E-state index in [0.29, 0.717) is 6.61 Å². The molecule has 0 fully saturated rings. The molecule has 1 rings (SSSR count). The third kappa shape index (κ3) is 4.94. The van der Waals surface area contributed by atoms with Gasteiger partial charge in [-0.1, -0.05) is 17.7 Å². The predicted octanol–water partition coefficient (Wildman–Crippen LogP) is 3.06. The summed E-state index contributed by atoms with van der Waals surface area (Å²) in [7, 11) is 1.66. The molecule has 1 aromatic carbocycles. The molecule has 2 N–H and O–H groups in total. The second-order valence-electron chi connectivity index (χ2n) is 3.91. The number of halogens is 1. The van der Waals surface area contributed by atoms with Crippen molar-refractivity contribution in [3.63, 3.8) is 0 Å². The number of hydrogen-bond acceptors (Lipinski definition) is 3. The molecule has 0 spiro atoms. The highest BCUT2D eigenvalue weighted by Crippen LogP contribution is 2.25. The van der Waals surface area contributed by atoms with Crippen LogP contribution in [0.15, 0.2) is 18.2 Å². The molecule has 0 heterocycles. The fourth-order valence-electron chi connectivity index (χ4n) is 1.65. The van der Waals surface area contributed by atoms with Crippen LogP contribution in [0.25, 0.3) is 0 Å². The highest BCUT2D eigenvalue weighted by molar-refractivity contribution is 6.31. The number of unbranched alkanes of at least 4 members (excludes halogenated alkanes) is 2. The molecule has 4 heteroatoms. The standard InChI is InChI=1S/C13H20ClNO2/c1-17-10-11-12(14)6-5-7-13(11)15-8-3-2-4-9-16/h5-7,15-16H,2-4,8-10H2,1H3. The van der Waals surface area contributed by atoms with Crippen molar-refractivity contribution in [2.24, 2.45) is 0 Å². The van der Waals surface area contributed by atoms with Crippen LogP contribution < -0.4 is 5.32 Å². The summed E-state index contributed by atoms with van der Waals surface area (Å²) >= 11 is 6.12. The lowest BCUT2D eigenvalue weighted by molar-refractivity contribution is 0.185. The average molecular weight is 258 g/mol. The predicted molar refractivity (Wildman–Crippen MR) is 71.6 cm³/mol. The molecule has 1 aromatic rings. The summed E-state index contributed by atoms with van der Waals surface area (Å²) in [5.74, 6) is 0. The van der Waals surface area contributed by atoms with Gasteiger partial charge in [-0.3, -0.25) is 0 Å². The molecule has 0 saturated carbocycles. The Bertz CT molecular complexity index is 331. The van der Waals surface area contributed by atoms with E-state index in [-0.39, 0.29) is 6.61 Å². The number of ether oxygens (including phenoxy) is 1. The van der Waals surface area contributed by atoms with E-state index >= 15 is 0 Å². The van der Waals surface area contributed by atoms with E-state index in [1.807, 2.05) is 18.2 Å². The van der Waals surface area contributed by atoms with Gasteiger partial charge in [-0.25, -0.2) is 0 Å². The molecule has 0 amide bonds. The monoisotopic (exact) mass is 257 g/mol. The van der Waals surface area contributed by atoms with Crippen LogP contribution in [0.5, 0.6) is 0 Å². The summed E-state index contributed by atoms with van der Waals surface area (Å²) in [5, 5.41) is 12.8. The minimum atomic E-state index is 0.270. The van der Waals surface area contributed by atoms with Crippen LogP contribution in [0.1, 0.15) is 24.8 Å². The van der Waals surface area contributed by atoms with Gasteiger partial charge in [0, 0.05) is 36.5 Å². The topological polar surface area (TPSA) is 41.5 Å². The van der Waals surface area contributed by atoms with Crippen molar-refractivity contribution < 1.29 is 9.84 Å². The molecule has 0 saturated heterocycles. The van der Waals surface area contributed by atoms with Gasteiger partial charge in [0.1, 0.15) is 0 Å². The van der Waals surface area contributed by atoms with E-state index in [1.165, 1.54) is 0 Å². The Morgan fingerprint density at radius 2 is 2.12 bits per heavy atom. The van der Waals surface area contributed by atoms with Crippen molar-refractivity contribution in [2.45, 2.75) is 25.9 Å². The van der Waals surface area contributed by atoms with E-state index in [0.717, 1.165) is 42.1 Å². The summed E-state index contributed by atoms with van der Waals surface area (Å²) in [4.78, 5) is 0. The fraction of sp³-hybridized carbons (Fsp3) is 0.538. The Hall–Kier alpha value is -0.770. The van der Waals surface area contributed by atoms with Crippen LogP contribution in [0.2, 0.25) is 5.02 Å². The molecular weight excluding hydrogens is 238 g/mol. The molecule has 0 aromatic heterocycles. The first-order valence-electron chi connectivity index (χ1n) is 5.90. The largest absolute Gasteiger partial charge is 0.396 e. The summed E-state index contributed by atoms with van der Waals surface area (Å²) in [5.41, 5.74) is 2.03. The summed E-state index contributed by atoms with van der Waals surface area (Å²) in [6.45, 7) is 1.67. The van der Waals surface area contributed by atoms with Crippen molar-refractivity contribution in [3.05, 3.63) is 28.8 Å². The van der Waals surface area contributed by atoms with Gasteiger partial charge in [0.15, 0.2) is 0 Å². The molecule has 96 valence electrons. The van der Waals surface area contributed by atoms with Crippen molar-refractivity contribution in [3.8, 4) is 0 Å². The van der Waals surface area contributed by atoms with E-state index in [1.54, 1.807) is 7.11 Å². The zero-order valence-corrected chi connectivity index (χ0v) is 11.0. The van der Waals surface area contributed by atoms with E-state index < -0.39 is 0 Å². The normalized spacial score (nSPS) is 10.5. The minimum absolute atomic E-state index is 0.270. The van der Waals surface area contributed by atoms with Crippen LogP contribution in [0, 0.1) is 0 Å². The van der Waals surface area contributed by atoms with Gasteiger partial charge in [-0.05, 0) is 31.4 Å². The maximum atomic E-state index is 8.68. The molecule has 0 aliphatic carbocycles. The summed E-state index contributed by atoms with van der Waals surface area (Å²) in [6, 6.07) is 5.80. The Morgan fingerprint density at radius 3 is 2.82 bits per heavy atom. The number of benzene rings is 1. The number of anilines is 1. The van der Waals surface area contributed by atoms with Gasteiger partial charge in [0.25, 0.3) is 0 Å². The Labute approximate surface area is 108 Å². The molecular formula is C13H20ClNO2. The van der Waals surface area contributed by atoms with Crippen LogP contribution >= 0.6 is 11.6 Å². The van der Waals surface area contributed by atoms with Crippen molar-refractivity contribution in [1.29, 1.82) is 0 Å². The van der Waals surface area contributed by atoms with Crippen molar-refractivity contribution in [2.75, 3.05) is 25.6 Å². The first-order chi connectivity index (χ1) is 8.29. The SMILES string of the molecule is COCc1c(Cl)cccc1NCCCCCO. The highest BCUT2D eigenvalue weighted by Gasteiger charge is 2.05. The number of nitrogens with one attached hydrogen (secondary N) is 1. The Morgan fingerprint density at radius 1 is 1.29 bits per heavy atom. The van der Waals surface area contributed by atoms with Crippen molar-refractivity contribution in [1.82, 2.24) is 0 Å². The lowest BCUT2D eigenvalue weighted by Crippen LogP contribution is -2.05. The Balaban J connectivity index is 2.48. The fourth-order valence-corrected chi connectivity index (χ4v) is 1.88. The van der Waals surface area contributed by atoms with E-state index in [2.05, 4.69) is 5.32 Å².